The molecule has 0 radical (unpaired) electrons. The predicted octanol–water partition coefficient (Wildman–Crippen LogP) is 4.19. The molecule has 2 saturated carbocycles. The molecule has 0 saturated heterocycles. The van der Waals surface area contributed by atoms with Crippen LogP contribution in [-0.4, -0.2) is 27.8 Å². The average Bonchev–Trinajstić information content (AvgIpc) is 3.21. The third-order valence-corrected chi connectivity index (χ3v) is 7.34. The second kappa shape index (κ2) is 7.60. The summed E-state index contributed by atoms with van der Waals surface area (Å²) in [6.07, 6.45) is 11.2. The maximum absolute atomic E-state index is 14.1. The molecular weight excluding hydrogens is 362 g/mol. The van der Waals surface area contributed by atoms with Gasteiger partial charge >= 0.3 is 0 Å². The molecule has 3 aliphatic rings. The number of rotatable bonds is 4. The molecule has 3 aliphatic carbocycles. The minimum Gasteiger partial charge on any atom is -0.395 e. The molecule has 1 spiro atoms. The first-order valence-electron chi connectivity index (χ1n) is 11.3. The van der Waals surface area contributed by atoms with Gasteiger partial charge in [0.25, 0.3) is 5.56 Å². The number of hydrogen-bond donors (Lipinski definition) is 2. The molecule has 1 heterocycles. The van der Waals surface area contributed by atoms with E-state index in [9.17, 15) is 9.90 Å². The highest BCUT2D eigenvalue weighted by atomic mass is 16.3. The number of fused-ring (bicyclic) bond motifs is 4. The maximum Gasteiger partial charge on any atom is 0.259 e. The number of benzene rings is 1. The zero-order chi connectivity index (χ0) is 19.8. The third-order valence-electron chi connectivity index (χ3n) is 7.34. The Balaban J connectivity index is 1.75. The van der Waals surface area contributed by atoms with Gasteiger partial charge in [-0.3, -0.25) is 9.36 Å². The van der Waals surface area contributed by atoms with Gasteiger partial charge in [0.1, 0.15) is 0 Å². The van der Waals surface area contributed by atoms with Gasteiger partial charge in [-0.2, -0.15) is 0 Å². The molecule has 5 rings (SSSR count). The van der Waals surface area contributed by atoms with Gasteiger partial charge in [0.15, 0.2) is 0 Å². The molecule has 2 N–H and O–H groups in total. The van der Waals surface area contributed by atoms with Crippen LogP contribution in [0.15, 0.2) is 29.1 Å². The SMILES string of the molecule is O=c1c2c(nc(NCCO)n1C1CCCCC1)-c1ccccc1CC21CCCC1. The van der Waals surface area contributed by atoms with Crippen LogP contribution in [0.4, 0.5) is 5.95 Å². The van der Waals surface area contributed by atoms with Crippen molar-refractivity contribution in [3.05, 3.63) is 45.7 Å². The van der Waals surface area contributed by atoms with Crippen LogP contribution >= 0.6 is 0 Å². The molecule has 2 aromatic rings. The third kappa shape index (κ3) is 3.10. The van der Waals surface area contributed by atoms with Crippen molar-refractivity contribution in [3.8, 4) is 11.3 Å². The van der Waals surface area contributed by atoms with Crippen LogP contribution in [-0.2, 0) is 11.8 Å². The lowest BCUT2D eigenvalue weighted by Gasteiger charge is -2.37. The highest BCUT2D eigenvalue weighted by molar-refractivity contribution is 5.72. The lowest BCUT2D eigenvalue weighted by Crippen LogP contribution is -2.42. The van der Waals surface area contributed by atoms with E-state index in [-0.39, 0.29) is 23.6 Å². The van der Waals surface area contributed by atoms with E-state index in [0.29, 0.717) is 12.5 Å². The highest BCUT2D eigenvalue weighted by Crippen LogP contribution is 2.50. The minimum absolute atomic E-state index is 0.0259. The molecule has 0 unspecified atom stereocenters. The number of aliphatic hydroxyl groups excluding tert-OH is 1. The first-order chi connectivity index (χ1) is 14.2. The van der Waals surface area contributed by atoms with Crippen molar-refractivity contribution in [2.24, 2.45) is 0 Å². The van der Waals surface area contributed by atoms with Gasteiger partial charge < -0.3 is 10.4 Å². The summed E-state index contributed by atoms with van der Waals surface area (Å²) in [5.74, 6) is 0.638. The van der Waals surface area contributed by atoms with Crippen molar-refractivity contribution in [1.29, 1.82) is 0 Å². The van der Waals surface area contributed by atoms with E-state index in [1.54, 1.807) is 0 Å². The zero-order valence-corrected chi connectivity index (χ0v) is 17.1. The second-order valence-corrected chi connectivity index (χ2v) is 9.10. The summed E-state index contributed by atoms with van der Waals surface area (Å²) in [5.41, 5.74) is 4.38. The first kappa shape index (κ1) is 18.9. The van der Waals surface area contributed by atoms with Gasteiger partial charge in [-0.05, 0) is 37.7 Å². The molecule has 1 aromatic heterocycles. The quantitative estimate of drug-likeness (QED) is 0.817. The Morgan fingerprint density at radius 1 is 1.10 bits per heavy atom. The van der Waals surface area contributed by atoms with Gasteiger partial charge in [-0.25, -0.2) is 4.98 Å². The van der Waals surface area contributed by atoms with Crippen LogP contribution < -0.4 is 10.9 Å². The van der Waals surface area contributed by atoms with Gasteiger partial charge in [0.2, 0.25) is 5.95 Å². The molecule has 29 heavy (non-hydrogen) atoms. The van der Waals surface area contributed by atoms with Gasteiger partial charge in [-0.1, -0.05) is 56.4 Å². The van der Waals surface area contributed by atoms with Crippen molar-refractivity contribution in [1.82, 2.24) is 9.55 Å². The average molecular weight is 394 g/mol. The molecule has 0 bridgehead atoms. The standard InChI is InChI=1S/C24H31N3O2/c28-15-14-25-23-26-21-19-11-5-4-8-17(19)16-24(12-6-7-13-24)20(21)22(29)27(23)18-9-2-1-3-10-18/h4-5,8,11,18,28H,1-3,6-7,9-10,12-16H2,(H,25,26). The fourth-order valence-corrected chi connectivity index (χ4v) is 6.01. The Hall–Kier alpha value is -2.14. The summed E-state index contributed by atoms with van der Waals surface area (Å²) in [5, 5.41) is 12.6. The summed E-state index contributed by atoms with van der Waals surface area (Å²) in [4.78, 5) is 19.2. The van der Waals surface area contributed by atoms with Gasteiger partial charge in [0.05, 0.1) is 17.9 Å². The minimum atomic E-state index is -0.0559. The van der Waals surface area contributed by atoms with Crippen LogP contribution in [0.2, 0.25) is 0 Å². The number of hydrogen-bond acceptors (Lipinski definition) is 4. The summed E-state index contributed by atoms with van der Waals surface area (Å²) in [6.45, 7) is 0.433. The molecule has 0 atom stereocenters. The molecule has 2 fully saturated rings. The van der Waals surface area contributed by atoms with Crippen molar-refractivity contribution in [2.75, 3.05) is 18.5 Å². The summed E-state index contributed by atoms with van der Waals surface area (Å²) in [6, 6.07) is 8.67. The lowest BCUT2D eigenvalue weighted by molar-refractivity contribution is 0.308. The summed E-state index contributed by atoms with van der Waals surface area (Å²) >= 11 is 0. The van der Waals surface area contributed by atoms with Crippen LogP contribution in [0.1, 0.15) is 75.0 Å². The van der Waals surface area contributed by atoms with Crippen molar-refractivity contribution in [3.63, 3.8) is 0 Å². The van der Waals surface area contributed by atoms with E-state index in [1.807, 2.05) is 10.6 Å². The number of nitrogens with zero attached hydrogens (tertiary/aromatic N) is 2. The Bertz CT molecular complexity index is 953. The molecule has 154 valence electrons. The van der Waals surface area contributed by atoms with Crippen LogP contribution in [0.25, 0.3) is 11.3 Å². The first-order valence-corrected chi connectivity index (χ1v) is 11.3. The number of nitrogens with one attached hydrogen (secondary N) is 1. The Labute approximate surface area is 172 Å². The number of aliphatic hydroxyl groups is 1. The molecule has 1 aromatic carbocycles. The van der Waals surface area contributed by atoms with E-state index < -0.39 is 0 Å². The van der Waals surface area contributed by atoms with Crippen LogP contribution in [0.3, 0.4) is 0 Å². The molecule has 5 heteroatoms. The summed E-state index contributed by atoms with van der Waals surface area (Å²) in [7, 11) is 0. The molecule has 5 nitrogen and oxygen atoms in total. The van der Waals surface area contributed by atoms with Crippen LogP contribution in [0, 0.1) is 0 Å². The van der Waals surface area contributed by atoms with Gasteiger partial charge in [0, 0.05) is 23.6 Å². The smallest absolute Gasteiger partial charge is 0.259 e. The maximum atomic E-state index is 14.1. The van der Waals surface area contributed by atoms with E-state index >= 15 is 0 Å². The number of anilines is 1. The van der Waals surface area contributed by atoms with Crippen LogP contribution in [0.5, 0.6) is 0 Å². The number of aromatic nitrogens is 2. The predicted molar refractivity (Wildman–Crippen MR) is 115 cm³/mol. The highest BCUT2D eigenvalue weighted by Gasteiger charge is 2.45. The monoisotopic (exact) mass is 393 g/mol. The van der Waals surface area contributed by atoms with Gasteiger partial charge in [-0.15, -0.1) is 0 Å². The van der Waals surface area contributed by atoms with Crippen molar-refractivity contribution >= 4 is 5.95 Å². The Morgan fingerprint density at radius 3 is 2.62 bits per heavy atom. The van der Waals surface area contributed by atoms with E-state index in [0.717, 1.165) is 48.9 Å². The fourth-order valence-electron chi connectivity index (χ4n) is 6.01. The topological polar surface area (TPSA) is 67.2 Å². The van der Waals surface area contributed by atoms with E-state index in [1.165, 1.54) is 37.7 Å². The normalized spacial score (nSPS) is 20.4. The fraction of sp³-hybridized carbons (Fsp3) is 0.583. The van der Waals surface area contributed by atoms with Crippen molar-refractivity contribution < 1.29 is 5.11 Å². The zero-order valence-electron chi connectivity index (χ0n) is 17.1. The molecular formula is C24H31N3O2. The Morgan fingerprint density at radius 2 is 1.86 bits per heavy atom. The Kier molecular flexibility index (Phi) is 4.94. The van der Waals surface area contributed by atoms with E-state index in [4.69, 9.17) is 4.98 Å². The summed E-state index contributed by atoms with van der Waals surface area (Å²) < 4.78 is 1.96. The van der Waals surface area contributed by atoms with Crippen molar-refractivity contribution in [2.45, 2.75) is 75.7 Å². The second-order valence-electron chi connectivity index (χ2n) is 9.10. The van der Waals surface area contributed by atoms with E-state index in [2.05, 4.69) is 23.5 Å². The largest absolute Gasteiger partial charge is 0.395 e. The lowest BCUT2D eigenvalue weighted by atomic mass is 9.68. The molecule has 0 aliphatic heterocycles. The molecule has 0 amide bonds.